The van der Waals surface area contributed by atoms with Crippen LogP contribution in [0.2, 0.25) is 0 Å². The van der Waals surface area contributed by atoms with Gasteiger partial charge in [-0.25, -0.2) is 13.6 Å². The van der Waals surface area contributed by atoms with Crippen molar-refractivity contribution in [2.45, 2.75) is 32.2 Å². The van der Waals surface area contributed by atoms with Crippen LogP contribution in [-0.4, -0.2) is 47.4 Å². The molecule has 0 aliphatic carbocycles. The van der Waals surface area contributed by atoms with E-state index >= 15 is 0 Å². The minimum atomic E-state index is -1.12. The highest BCUT2D eigenvalue weighted by Crippen LogP contribution is 2.17. The molecule has 4 amide bonds. The summed E-state index contributed by atoms with van der Waals surface area (Å²) in [5, 5.41) is 4.78. The number of urea groups is 1. The summed E-state index contributed by atoms with van der Waals surface area (Å²) in [6.07, 6.45) is 0.0782. The van der Waals surface area contributed by atoms with Crippen LogP contribution in [0.15, 0.2) is 18.2 Å². The van der Waals surface area contributed by atoms with Crippen molar-refractivity contribution in [3.8, 4) is 0 Å². The summed E-state index contributed by atoms with van der Waals surface area (Å²) in [4.78, 5) is 48.0. The molecule has 10 heteroatoms. The van der Waals surface area contributed by atoms with E-state index in [1.165, 1.54) is 0 Å². The fourth-order valence-corrected chi connectivity index (χ4v) is 2.39. The van der Waals surface area contributed by atoms with Crippen molar-refractivity contribution < 1.29 is 32.7 Å². The summed E-state index contributed by atoms with van der Waals surface area (Å²) in [6, 6.07) is 2.30. The number of hydrogen-bond acceptors (Lipinski definition) is 5. The predicted octanol–water partition coefficient (Wildman–Crippen LogP) is 1.56. The fourth-order valence-electron chi connectivity index (χ4n) is 2.39. The molecule has 2 rings (SSSR count). The Morgan fingerprint density at radius 3 is 2.52 bits per heavy atom. The average molecular weight is 383 g/mol. The van der Waals surface area contributed by atoms with Crippen LogP contribution in [0.3, 0.4) is 0 Å². The molecule has 1 aliphatic rings. The van der Waals surface area contributed by atoms with E-state index in [1.807, 2.05) is 0 Å². The largest absolute Gasteiger partial charge is 0.456 e. The Balaban J connectivity index is 1.70. The highest BCUT2D eigenvalue weighted by molar-refractivity contribution is 6.06. The van der Waals surface area contributed by atoms with E-state index in [9.17, 15) is 28.0 Å². The molecule has 1 aromatic carbocycles. The van der Waals surface area contributed by atoms with Gasteiger partial charge >= 0.3 is 12.0 Å². The van der Waals surface area contributed by atoms with Gasteiger partial charge in [0, 0.05) is 24.7 Å². The average Bonchev–Trinajstić information content (AvgIpc) is 2.78. The lowest BCUT2D eigenvalue weighted by Gasteiger charge is -2.15. The number of benzene rings is 1. The number of nitrogens with one attached hydrogen (secondary N) is 2. The molecule has 1 aliphatic heterocycles. The lowest BCUT2D eigenvalue weighted by Crippen LogP contribution is -2.40. The van der Waals surface area contributed by atoms with Gasteiger partial charge in [0.2, 0.25) is 0 Å². The van der Waals surface area contributed by atoms with Crippen LogP contribution in [0, 0.1) is 11.6 Å². The van der Waals surface area contributed by atoms with E-state index in [0.29, 0.717) is 0 Å². The Bertz CT molecular complexity index is 782. The number of anilines is 1. The van der Waals surface area contributed by atoms with Gasteiger partial charge in [-0.05, 0) is 32.4 Å². The molecule has 1 heterocycles. The standard InChI is InChI=1S/C17H19F2N3O5/c1-17(2)15(25)22(16(26)21-17)7-3-4-14(24)27-9-13(23)20-10-5-6-11(18)12(19)8-10/h5-6,8H,3-4,7,9H2,1-2H3,(H,20,23)(H,21,26). The van der Waals surface area contributed by atoms with Crippen molar-refractivity contribution in [3.63, 3.8) is 0 Å². The van der Waals surface area contributed by atoms with Crippen LogP contribution in [-0.2, 0) is 19.1 Å². The van der Waals surface area contributed by atoms with E-state index in [1.54, 1.807) is 13.8 Å². The number of nitrogens with zero attached hydrogens (tertiary/aromatic N) is 1. The van der Waals surface area contributed by atoms with Crippen molar-refractivity contribution in [2.24, 2.45) is 0 Å². The number of esters is 1. The molecule has 0 spiro atoms. The van der Waals surface area contributed by atoms with Gasteiger partial charge in [-0.15, -0.1) is 0 Å². The smallest absolute Gasteiger partial charge is 0.325 e. The zero-order valence-corrected chi connectivity index (χ0v) is 14.8. The number of imide groups is 1. The topological polar surface area (TPSA) is 105 Å². The van der Waals surface area contributed by atoms with E-state index in [2.05, 4.69) is 10.6 Å². The molecule has 0 saturated carbocycles. The molecule has 2 N–H and O–H groups in total. The SMILES string of the molecule is CC1(C)NC(=O)N(CCCC(=O)OCC(=O)Nc2ccc(F)c(F)c2)C1=O. The zero-order chi connectivity index (χ0) is 20.2. The lowest BCUT2D eigenvalue weighted by molar-refractivity contribution is -0.147. The third-order valence-corrected chi connectivity index (χ3v) is 3.77. The summed E-state index contributed by atoms with van der Waals surface area (Å²) >= 11 is 0. The van der Waals surface area contributed by atoms with Crippen molar-refractivity contribution in [3.05, 3.63) is 29.8 Å². The van der Waals surface area contributed by atoms with Crippen LogP contribution < -0.4 is 10.6 Å². The van der Waals surface area contributed by atoms with Gasteiger partial charge in [0.15, 0.2) is 18.2 Å². The van der Waals surface area contributed by atoms with Crippen molar-refractivity contribution in [2.75, 3.05) is 18.5 Å². The second kappa shape index (κ2) is 8.11. The van der Waals surface area contributed by atoms with Gasteiger partial charge in [-0.2, -0.15) is 0 Å². The second-order valence-corrected chi connectivity index (χ2v) is 6.45. The van der Waals surface area contributed by atoms with E-state index in [4.69, 9.17) is 4.74 Å². The molecular weight excluding hydrogens is 364 g/mol. The number of halogens is 2. The number of carbonyl (C=O) groups excluding carboxylic acids is 4. The molecule has 27 heavy (non-hydrogen) atoms. The first-order chi connectivity index (χ1) is 12.6. The molecule has 0 bridgehead atoms. The Morgan fingerprint density at radius 2 is 1.93 bits per heavy atom. The third-order valence-electron chi connectivity index (χ3n) is 3.77. The van der Waals surface area contributed by atoms with Gasteiger partial charge in [-0.3, -0.25) is 19.3 Å². The normalized spacial score (nSPS) is 15.5. The van der Waals surface area contributed by atoms with Crippen LogP contribution in [0.5, 0.6) is 0 Å². The van der Waals surface area contributed by atoms with Gasteiger partial charge in [0.1, 0.15) is 5.54 Å². The first-order valence-corrected chi connectivity index (χ1v) is 8.15. The molecule has 1 fully saturated rings. The molecule has 0 radical (unpaired) electrons. The molecule has 0 unspecified atom stereocenters. The number of ether oxygens (including phenoxy) is 1. The van der Waals surface area contributed by atoms with Gasteiger partial charge in [0.25, 0.3) is 11.8 Å². The molecule has 1 aromatic rings. The fraction of sp³-hybridized carbons (Fsp3) is 0.412. The highest BCUT2D eigenvalue weighted by atomic mass is 19.2. The monoisotopic (exact) mass is 383 g/mol. The molecular formula is C17H19F2N3O5. The number of carbonyl (C=O) groups is 4. The minimum Gasteiger partial charge on any atom is -0.456 e. The summed E-state index contributed by atoms with van der Waals surface area (Å²) in [7, 11) is 0. The maximum atomic E-state index is 13.0. The zero-order valence-electron chi connectivity index (χ0n) is 14.8. The number of amides is 4. The predicted molar refractivity (Wildman–Crippen MR) is 89.5 cm³/mol. The van der Waals surface area contributed by atoms with Gasteiger partial charge < -0.3 is 15.4 Å². The van der Waals surface area contributed by atoms with Crippen LogP contribution >= 0.6 is 0 Å². The molecule has 1 saturated heterocycles. The maximum Gasteiger partial charge on any atom is 0.325 e. The van der Waals surface area contributed by atoms with Crippen molar-refractivity contribution in [1.82, 2.24) is 10.2 Å². The molecule has 0 aromatic heterocycles. The Morgan fingerprint density at radius 1 is 1.22 bits per heavy atom. The van der Waals surface area contributed by atoms with Crippen molar-refractivity contribution >= 4 is 29.5 Å². The van der Waals surface area contributed by atoms with Gasteiger partial charge in [-0.1, -0.05) is 0 Å². The summed E-state index contributed by atoms with van der Waals surface area (Å²) in [6.45, 7) is 2.60. The Kier molecular flexibility index (Phi) is 6.09. The second-order valence-electron chi connectivity index (χ2n) is 6.45. The molecule has 146 valence electrons. The van der Waals surface area contributed by atoms with Crippen LogP contribution in [0.25, 0.3) is 0 Å². The third kappa shape index (κ3) is 5.22. The van der Waals surface area contributed by atoms with Crippen molar-refractivity contribution in [1.29, 1.82) is 0 Å². The lowest BCUT2D eigenvalue weighted by atomic mass is 10.1. The van der Waals surface area contributed by atoms with E-state index in [0.717, 1.165) is 23.1 Å². The Labute approximate surface area is 153 Å². The first-order valence-electron chi connectivity index (χ1n) is 8.15. The van der Waals surface area contributed by atoms with E-state index in [-0.39, 0.29) is 31.0 Å². The summed E-state index contributed by atoms with van der Waals surface area (Å²) in [5.41, 5.74) is -0.952. The Hall–Kier alpha value is -3.04. The number of hydrogen-bond donors (Lipinski definition) is 2. The minimum absolute atomic E-state index is 0.0242. The first kappa shape index (κ1) is 20.3. The summed E-state index contributed by atoms with van der Waals surface area (Å²) < 4.78 is 30.6. The van der Waals surface area contributed by atoms with E-state index < -0.39 is 41.7 Å². The quantitative estimate of drug-likeness (QED) is 0.549. The highest BCUT2D eigenvalue weighted by Gasteiger charge is 2.43. The van der Waals surface area contributed by atoms with Gasteiger partial charge in [0.05, 0.1) is 0 Å². The summed E-state index contributed by atoms with van der Waals surface area (Å²) in [5.74, 6) is -3.96. The molecule has 0 atom stereocenters. The maximum absolute atomic E-state index is 13.0. The molecule has 8 nitrogen and oxygen atoms in total. The van der Waals surface area contributed by atoms with Crippen LogP contribution in [0.1, 0.15) is 26.7 Å². The van der Waals surface area contributed by atoms with Crippen LogP contribution in [0.4, 0.5) is 19.3 Å². The number of rotatable bonds is 7.